The zero-order valence-electron chi connectivity index (χ0n) is 14.7. The second-order valence-corrected chi connectivity index (χ2v) is 7.71. The summed E-state index contributed by atoms with van der Waals surface area (Å²) in [5.41, 5.74) is 6.13. The van der Waals surface area contributed by atoms with Crippen molar-refractivity contribution in [2.45, 2.75) is 67.9 Å². The normalized spacial score (nSPS) is 13.8. The Labute approximate surface area is 126 Å². The molecule has 1 aromatic carbocycles. The third-order valence-corrected chi connectivity index (χ3v) is 4.29. The van der Waals surface area contributed by atoms with Crippen LogP contribution in [0.5, 0.6) is 0 Å². The van der Waals surface area contributed by atoms with Gasteiger partial charge in [0, 0.05) is 6.04 Å². The summed E-state index contributed by atoms with van der Waals surface area (Å²) in [6, 6.07) is 5.19. The molecule has 0 radical (unpaired) electrons. The predicted octanol–water partition coefficient (Wildman–Crippen LogP) is 4.81. The molecule has 1 nitrogen and oxygen atoms in total. The first-order valence-corrected chi connectivity index (χ1v) is 7.91. The van der Waals surface area contributed by atoms with Crippen LogP contribution in [0.3, 0.4) is 0 Å². The van der Waals surface area contributed by atoms with Gasteiger partial charge in [0.05, 0.1) is 0 Å². The van der Waals surface area contributed by atoms with E-state index in [4.69, 9.17) is 0 Å². The van der Waals surface area contributed by atoms with E-state index in [1.54, 1.807) is 5.56 Å². The summed E-state index contributed by atoms with van der Waals surface area (Å²) in [6.45, 7) is 19.3. The number of benzene rings is 1. The van der Waals surface area contributed by atoms with Gasteiger partial charge in [0.1, 0.15) is 0 Å². The van der Waals surface area contributed by atoms with Crippen LogP contribution < -0.4 is 5.32 Å². The van der Waals surface area contributed by atoms with Crippen molar-refractivity contribution < 1.29 is 0 Å². The first-order chi connectivity index (χ1) is 9.11. The van der Waals surface area contributed by atoms with Crippen molar-refractivity contribution >= 4 is 0 Å². The fourth-order valence-corrected chi connectivity index (χ4v) is 2.84. The van der Waals surface area contributed by atoms with Crippen molar-refractivity contribution in [1.29, 1.82) is 0 Å². The summed E-state index contributed by atoms with van der Waals surface area (Å²) in [4.78, 5) is 0. The Bertz CT molecular complexity index is 415. The van der Waals surface area contributed by atoms with Crippen molar-refractivity contribution in [3.8, 4) is 0 Å². The maximum atomic E-state index is 3.62. The van der Waals surface area contributed by atoms with Gasteiger partial charge in [-0.3, -0.25) is 0 Å². The second-order valence-electron chi connectivity index (χ2n) is 7.71. The highest BCUT2D eigenvalue weighted by Crippen LogP contribution is 2.31. The third kappa shape index (κ3) is 4.94. The third-order valence-electron chi connectivity index (χ3n) is 4.29. The summed E-state index contributed by atoms with van der Waals surface area (Å²) in [6.07, 6.45) is 1.17. The second kappa shape index (κ2) is 6.76. The lowest BCUT2D eigenvalue weighted by Crippen LogP contribution is -2.36. The standard InChI is InChI=1S/C19H33N/c1-13(2)20-12-17(19(6,7)8)11-18-15(4)9-14(3)10-16(18)5/h9-10,13,17,20H,11-12H2,1-8H3. The highest BCUT2D eigenvalue weighted by atomic mass is 14.9. The van der Waals surface area contributed by atoms with Crippen molar-refractivity contribution in [2.24, 2.45) is 11.3 Å². The molecule has 1 unspecified atom stereocenters. The molecule has 0 aromatic heterocycles. The molecule has 1 heteroatoms. The smallest absolute Gasteiger partial charge is 0.00104 e. The minimum Gasteiger partial charge on any atom is -0.314 e. The lowest BCUT2D eigenvalue weighted by molar-refractivity contribution is 0.226. The van der Waals surface area contributed by atoms with Crippen LogP contribution in [0.25, 0.3) is 0 Å². The molecule has 0 fully saturated rings. The Hall–Kier alpha value is -0.820. The molecule has 20 heavy (non-hydrogen) atoms. The van der Waals surface area contributed by atoms with Crippen LogP contribution in [0.2, 0.25) is 0 Å². The lowest BCUT2D eigenvalue weighted by Gasteiger charge is -2.33. The van der Waals surface area contributed by atoms with Crippen LogP contribution in [-0.2, 0) is 6.42 Å². The summed E-state index contributed by atoms with van der Waals surface area (Å²) >= 11 is 0. The molecule has 0 spiro atoms. The van der Waals surface area contributed by atoms with Crippen LogP contribution in [0.15, 0.2) is 12.1 Å². The van der Waals surface area contributed by atoms with E-state index >= 15 is 0 Å². The van der Waals surface area contributed by atoms with Crippen LogP contribution >= 0.6 is 0 Å². The van der Waals surface area contributed by atoms with Crippen molar-refractivity contribution in [1.82, 2.24) is 5.32 Å². The summed E-state index contributed by atoms with van der Waals surface area (Å²) in [5, 5.41) is 3.62. The summed E-state index contributed by atoms with van der Waals surface area (Å²) < 4.78 is 0. The Kier molecular flexibility index (Phi) is 5.82. The minimum atomic E-state index is 0.325. The molecule has 1 rings (SSSR count). The molecule has 0 heterocycles. The Morgan fingerprint density at radius 1 is 1.00 bits per heavy atom. The van der Waals surface area contributed by atoms with Crippen molar-refractivity contribution in [3.05, 3.63) is 34.4 Å². The van der Waals surface area contributed by atoms with Gasteiger partial charge < -0.3 is 5.32 Å². The van der Waals surface area contributed by atoms with E-state index in [1.807, 2.05) is 0 Å². The molecule has 0 aliphatic heterocycles. The van der Waals surface area contributed by atoms with E-state index in [2.05, 4.69) is 72.8 Å². The maximum absolute atomic E-state index is 3.62. The zero-order chi connectivity index (χ0) is 15.5. The largest absolute Gasteiger partial charge is 0.314 e. The summed E-state index contributed by atoms with van der Waals surface area (Å²) in [7, 11) is 0. The molecule has 0 aliphatic carbocycles. The zero-order valence-corrected chi connectivity index (χ0v) is 14.7. The molecule has 1 N–H and O–H groups in total. The van der Waals surface area contributed by atoms with E-state index in [1.165, 1.54) is 23.1 Å². The average molecular weight is 275 g/mol. The SMILES string of the molecule is Cc1cc(C)c(CC(CNC(C)C)C(C)(C)C)c(C)c1. The predicted molar refractivity (Wildman–Crippen MR) is 90.4 cm³/mol. The molecule has 0 saturated carbocycles. The Balaban J connectivity index is 2.95. The number of nitrogens with one attached hydrogen (secondary N) is 1. The number of hydrogen-bond acceptors (Lipinski definition) is 1. The topological polar surface area (TPSA) is 12.0 Å². The molecule has 0 aliphatic rings. The van der Waals surface area contributed by atoms with Gasteiger partial charge >= 0.3 is 0 Å². The molecule has 114 valence electrons. The van der Waals surface area contributed by atoms with Gasteiger partial charge in [-0.15, -0.1) is 0 Å². The molecule has 1 atom stereocenters. The van der Waals surface area contributed by atoms with Gasteiger partial charge in [0.15, 0.2) is 0 Å². The van der Waals surface area contributed by atoms with E-state index in [-0.39, 0.29) is 0 Å². The lowest BCUT2D eigenvalue weighted by atomic mass is 9.75. The summed E-state index contributed by atoms with van der Waals surface area (Å²) in [5.74, 6) is 0.657. The van der Waals surface area contributed by atoms with E-state index in [0.29, 0.717) is 17.4 Å². The molecule has 1 aromatic rings. The monoisotopic (exact) mass is 275 g/mol. The Morgan fingerprint density at radius 3 is 1.90 bits per heavy atom. The van der Waals surface area contributed by atoms with Gasteiger partial charge in [-0.05, 0) is 61.8 Å². The Morgan fingerprint density at radius 2 is 1.50 bits per heavy atom. The quantitative estimate of drug-likeness (QED) is 0.812. The number of rotatable bonds is 5. The highest BCUT2D eigenvalue weighted by molar-refractivity contribution is 5.37. The van der Waals surface area contributed by atoms with Crippen LogP contribution in [0.1, 0.15) is 56.9 Å². The highest BCUT2D eigenvalue weighted by Gasteiger charge is 2.25. The van der Waals surface area contributed by atoms with Crippen LogP contribution in [0.4, 0.5) is 0 Å². The minimum absolute atomic E-state index is 0.325. The maximum Gasteiger partial charge on any atom is 0.00104 e. The fraction of sp³-hybridized carbons (Fsp3) is 0.684. The molecule has 0 amide bonds. The molecule has 0 bridgehead atoms. The van der Waals surface area contributed by atoms with Gasteiger partial charge in [-0.2, -0.15) is 0 Å². The van der Waals surface area contributed by atoms with E-state index in [9.17, 15) is 0 Å². The van der Waals surface area contributed by atoms with Crippen molar-refractivity contribution in [2.75, 3.05) is 6.54 Å². The van der Waals surface area contributed by atoms with Gasteiger partial charge in [0.25, 0.3) is 0 Å². The van der Waals surface area contributed by atoms with E-state index in [0.717, 1.165) is 6.54 Å². The number of hydrogen-bond donors (Lipinski definition) is 1. The first kappa shape index (κ1) is 17.2. The van der Waals surface area contributed by atoms with Gasteiger partial charge in [0.2, 0.25) is 0 Å². The van der Waals surface area contributed by atoms with Crippen LogP contribution in [0, 0.1) is 32.1 Å². The first-order valence-electron chi connectivity index (χ1n) is 7.91. The van der Waals surface area contributed by atoms with E-state index < -0.39 is 0 Å². The van der Waals surface area contributed by atoms with Gasteiger partial charge in [-0.1, -0.05) is 52.3 Å². The fourth-order valence-electron chi connectivity index (χ4n) is 2.84. The number of aryl methyl sites for hydroxylation is 3. The molecular weight excluding hydrogens is 242 g/mol. The van der Waals surface area contributed by atoms with Crippen LogP contribution in [-0.4, -0.2) is 12.6 Å². The van der Waals surface area contributed by atoms with Gasteiger partial charge in [-0.25, -0.2) is 0 Å². The molecule has 0 saturated heterocycles. The van der Waals surface area contributed by atoms with Crippen molar-refractivity contribution in [3.63, 3.8) is 0 Å². The molecular formula is C19H33N. The average Bonchev–Trinajstić information content (AvgIpc) is 2.24.